The number of amides is 1. The predicted octanol–water partition coefficient (Wildman–Crippen LogP) is 1.51. The van der Waals surface area contributed by atoms with Crippen molar-refractivity contribution in [2.45, 2.75) is 10.4 Å². The Labute approximate surface area is 133 Å². The van der Waals surface area contributed by atoms with Gasteiger partial charge in [0, 0.05) is 20.1 Å². The largest absolute Gasteiger partial charge is 0.378 e. The molecule has 1 atom stereocenters. The normalized spacial score (nSPS) is 16.5. The number of hydrogen-bond donors (Lipinski definition) is 0. The van der Waals surface area contributed by atoms with Crippen LogP contribution in [0.1, 0.15) is 10.8 Å². The second kappa shape index (κ2) is 6.93. The third kappa shape index (κ3) is 3.31. The average Bonchev–Trinajstić information content (AvgIpc) is 2.98. The molecule has 1 aliphatic heterocycles. The second-order valence-corrected chi connectivity index (χ2v) is 6.14. The summed E-state index contributed by atoms with van der Waals surface area (Å²) in [6.45, 7) is 2.48. The first-order valence-corrected chi connectivity index (χ1v) is 8.06. The number of carbonyl (C=O) groups excluding carboxylic acids is 1. The number of aromatic nitrogens is 3. The Morgan fingerprint density at radius 3 is 2.64 bits per heavy atom. The smallest absolute Gasteiger partial charge is 0.240 e. The Morgan fingerprint density at radius 2 is 2.00 bits per heavy atom. The van der Waals surface area contributed by atoms with Crippen molar-refractivity contribution >= 4 is 17.7 Å². The molecule has 0 aliphatic carbocycles. The molecule has 2 aromatic rings. The maximum atomic E-state index is 12.9. The van der Waals surface area contributed by atoms with Crippen LogP contribution in [0.5, 0.6) is 0 Å². The van der Waals surface area contributed by atoms with Crippen molar-refractivity contribution in [2.24, 2.45) is 7.05 Å². The van der Waals surface area contributed by atoms with Gasteiger partial charge in [0.15, 0.2) is 5.16 Å². The number of ether oxygens (including phenoxy) is 1. The topological polar surface area (TPSA) is 60.2 Å². The molecular formula is C15H18N4O2S. The van der Waals surface area contributed by atoms with Crippen molar-refractivity contribution in [3.05, 3.63) is 42.2 Å². The molecule has 1 saturated heterocycles. The van der Waals surface area contributed by atoms with Crippen LogP contribution in [-0.2, 0) is 16.6 Å². The summed E-state index contributed by atoms with van der Waals surface area (Å²) in [4.78, 5) is 14.8. The van der Waals surface area contributed by atoms with E-state index in [-0.39, 0.29) is 11.2 Å². The molecular weight excluding hydrogens is 300 g/mol. The van der Waals surface area contributed by atoms with Gasteiger partial charge in [0.05, 0.1) is 13.2 Å². The lowest BCUT2D eigenvalue weighted by Gasteiger charge is -2.30. The standard InChI is InChI=1S/C15H18N4O2S/c1-18-11-16-17-15(18)22-13(12-5-3-2-4-6-12)14(20)19-7-9-21-10-8-19/h2-6,11,13H,7-10H2,1H3/t13-/m0/s1. The minimum atomic E-state index is -0.317. The molecule has 0 spiro atoms. The van der Waals surface area contributed by atoms with E-state index in [1.54, 1.807) is 6.33 Å². The van der Waals surface area contributed by atoms with Gasteiger partial charge in [-0.2, -0.15) is 0 Å². The number of nitrogens with zero attached hydrogens (tertiary/aromatic N) is 4. The fourth-order valence-corrected chi connectivity index (χ4v) is 3.38. The van der Waals surface area contributed by atoms with Crippen LogP contribution in [0.2, 0.25) is 0 Å². The zero-order valence-electron chi connectivity index (χ0n) is 12.4. The molecule has 0 saturated carbocycles. The molecule has 116 valence electrons. The van der Waals surface area contributed by atoms with Gasteiger partial charge in [-0.05, 0) is 5.56 Å². The van der Waals surface area contributed by atoms with E-state index in [2.05, 4.69) is 10.2 Å². The average molecular weight is 318 g/mol. The van der Waals surface area contributed by atoms with Crippen molar-refractivity contribution in [3.63, 3.8) is 0 Å². The van der Waals surface area contributed by atoms with Gasteiger partial charge >= 0.3 is 0 Å². The van der Waals surface area contributed by atoms with Crippen LogP contribution >= 0.6 is 11.8 Å². The highest BCUT2D eigenvalue weighted by Crippen LogP contribution is 2.35. The van der Waals surface area contributed by atoms with E-state index >= 15 is 0 Å². The molecule has 22 heavy (non-hydrogen) atoms. The maximum Gasteiger partial charge on any atom is 0.240 e. The fraction of sp³-hybridized carbons (Fsp3) is 0.400. The summed E-state index contributed by atoms with van der Waals surface area (Å²) in [6.07, 6.45) is 1.64. The molecule has 0 radical (unpaired) electrons. The van der Waals surface area contributed by atoms with Gasteiger partial charge in [-0.3, -0.25) is 4.79 Å². The van der Waals surface area contributed by atoms with Crippen molar-refractivity contribution < 1.29 is 9.53 Å². The molecule has 1 fully saturated rings. The number of benzene rings is 1. The SMILES string of the molecule is Cn1cnnc1S[C@H](C(=O)N1CCOCC1)c1ccccc1. The number of rotatable bonds is 4. The molecule has 1 aromatic carbocycles. The molecule has 2 heterocycles. The zero-order chi connectivity index (χ0) is 15.4. The Morgan fingerprint density at radius 1 is 1.27 bits per heavy atom. The molecule has 1 aliphatic rings. The Bertz CT molecular complexity index is 625. The van der Waals surface area contributed by atoms with Crippen molar-refractivity contribution in [3.8, 4) is 0 Å². The quantitative estimate of drug-likeness (QED) is 0.800. The highest BCUT2D eigenvalue weighted by molar-refractivity contribution is 8.00. The zero-order valence-corrected chi connectivity index (χ0v) is 13.2. The fourth-order valence-electron chi connectivity index (χ4n) is 2.32. The van der Waals surface area contributed by atoms with Crippen molar-refractivity contribution in [2.75, 3.05) is 26.3 Å². The molecule has 0 unspecified atom stereocenters. The summed E-state index contributed by atoms with van der Waals surface area (Å²) in [5.74, 6) is 0.0995. The number of hydrogen-bond acceptors (Lipinski definition) is 5. The molecule has 1 aromatic heterocycles. The van der Waals surface area contributed by atoms with Crippen LogP contribution in [-0.4, -0.2) is 51.9 Å². The maximum absolute atomic E-state index is 12.9. The minimum Gasteiger partial charge on any atom is -0.378 e. The van der Waals surface area contributed by atoms with Gasteiger partial charge in [-0.25, -0.2) is 0 Å². The van der Waals surface area contributed by atoms with Crippen LogP contribution in [0, 0.1) is 0 Å². The Hall–Kier alpha value is -1.86. The van der Waals surface area contributed by atoms with Crippen LogP contribution < -0.4 is 0 Å². The van der Waals surface area contributed by atoms with Gasteiger partial charge in [0.1, 0.15) is 11.6 Å². The van der Waals surface area contributed by atoms with Gasteiger partial charge in [-0.1, -0.05) is 42.1 Å². The van der Waals surface area contributed by atoms with E-state index in [9.17, 15) is 4.79 Å². The lowest BCUT2D eigenvalue weighted by Crippen LogP contribution is -2.42. The number of thioether (sulfide) groups is 1. The van der Waals surface area contributed by atoms with Gasteiger partial charge in [0.25, 0.3) is 0 Å². The van der Waals surface area contributed by atoms with Crippen molar-refractivity contribution in [1.29, 1.82) is 0 Å². The monoisotopic (exact) mass is 318 g/mol. The summed E-state index contributed by atoms with van der Waals surface area (Å²) < 4.78 is 7.16. The minimum absolute atomic E-state index is 0.0995. The number of aryl methyl sites for hydroxylation is 1. The van der Waals surface area contributed by atoms with E-state index in [1.807, 2.05) is 46.8 Å². The molecule has 1 amide bonds. The van der Waals surface area contributed by atoms with Crippen LogP contribution in [0.25, 0.3) is 0 Å². The third-order valence-electron chi connectivity index (χ3n) is 3.54. The molecule has 3 rings (SSSR count). The van der Waals surface area contributed by atoms with E-state index < -0.39 is 0 Å². The first kappa shape index (κ1) is 15.1. The lowest BCUT2D eigenvalue weighted by atomic mass is 10.1. The van der Waals surface area contributed by atoms with E-state index in [1.165, 1.54) is 11.8 Å². The number of carbonyl (C=O) groups is 1. The van der Waals surface area contributed by atoms with E-state index in [0.29, 0.717) is 26.3 Å². The van der Waals surface area contributed by atoms with Gasteiger partial charge in [-0.15, -0.1) is 10.2 Å². The summed E-state index contributed by atoms with van der Waals surface area (Å²) in [5, 5.41) is 8.39. The Kier molecular flexibility index (Phi) is 4.74. The Balaban J connectivity index is 1.85. The highest BCUT2D eigenvalue weighted by Gasteiger charge is 2.29. The summed E-state index contributed by atoms with van der Waals surface area (Å²) in [6, 6.07) is 9.81. The second-order valence-electron chi connectivity index (χ2n) is 5.07. The molecule has 0 N–H and O–H groups in total. The first-order chi connectivity index (χ1) is 10.8. The van der Waals surface area contributed by atoms with E-state index in [0.717, 1.165) is 10.7 Å². The summed E-state index contributed by atoms with van der Waals surface area (Å²) >= 11 is 1.43. The predicted molar refractivity (Wildman–Crippen MR) is 83.4 cm³/mol. The summed E-state index contributed by atoms with van der Waals surface area (Å²) in [5.41, 5.74) is 0.979. The van der Waals surface area contributed by atoms with Crippen molar-refractivity contribution in [1.82, 2.24) is 19.7 Å². The molecule has 0 bridgehead atoms. The van der Waals surface area contributed by atoms with Crippen LogP contribution in [0.3, 0.4) is 0 Å². The lowest BCUT2D eigenvalue weighted by molar-refractivity contribution is -0.134. The molecule has 6 nitrogen and oxygen atoms in total. The summed E-state index contributed by atoms with van der Waals surface area (Å²) in [7, 11) is 1.88. The first-order valence-electron chi connectivity index (χ1n) is 7.18. The van der Waals surface area contributed by atoms with Gasteiger partial charge in [0.2, 0.25) is 5.91 Å². The van der Waals surface area contributed by atoms with Crippen LogP contribution in [0.4, 0.5) is 0 Å². The molecule has 7 heteroatoms. The number of morpholine rings is 1. The van der Waals surface area contributed by atoms with E-state index in [4.69, 9.17) is 4.74 Å². The van der Waals surface area contributed by atoms with Crippen LogP contribution in [0.15, 0.2) is 41.8 Å². The highest BCUT2D eigenvalue weighted by atomic mass is 32.2. The third-order valence-corrected chi connectivity index (χ3v) is 4.83. The van der Waals surface area contributed by atoms with Gasteiger partial charge < -0.3 is 14.2 Å².